The van der Waals surface area contributed by atoms with Crippen molar-refractivity contribution in [2.75, 3.05) is 19.4 Å². The van der Waals surface area contributed by atoms with Gasteiger partial charge < -0.3 is 10.5 Å². The minimum absolute atomic E-state index is 0.141. The van der Waals surface area contributed by atoms with Gasteiger partial charge >= 0.3 is 0 Å². The maximum absolute atomic E-state index is 11.2. The lowest BCUT2D eigenvalue weighted by Crippen LogP contribution is -2.28. The fourth-order valence-electron chi connectivity index (χ4n) is 1.28. The van der Waals surface area contributed by atoms with E-state index in [1.807, 2.05) is 6.92 Å². The van der Waals surface area contributed by atoms with Crippen LogP contribution in [0.4, 0.5) is 0 Å². The minimum atomic E-state index is -3.19. The Morgan fingerprint density at radius 3 is 2.75 bits per heavy atom. The Morgan fingerprint density at radius 2 is 2.31 bits per heavy atom. The molecular formula is C9H17N3O3S. The maximum atomic E-state index is 11.2. The summed E-state index contributed by atoms with van der Waals surface area (Å²) >= 11 is 0. The molecule has 1 aromatic heterocycles. The van der Waals surface area contributed by atoms with Crippen molar-refractivity contribution in [2.24, 2.45) is 5.73 Å². The monoisotopic (exact) mass is 247 g/mol. The first-order valence-electron chi connectivity index (χ1n) is 5.01. The summed E-state index contributed by atoms with van der Waals surface area (Å²) in [6.07, 6.45) is 3.82. The highest BCUT2D eigenvalue weighted by molar-refractivity contribution is 7.90. The average Bonchev–Trinajstić information content (AvgIpc) is 2.65. The molecule has 0 aliphatic rings. The first kappa shape index (κ1) is 13.1. The lowest BCUT2D eigenvalue weighted by molar-refractivity contribution is 0.0542. The van der Waals surface area contributed by atoms with Crippen LogP contribution in [0, 0.1) is 0 Å². The largest absolute Gasteiger partial charge is 0.375 e. The topological polar surface area (TPSA) is 87.2 Å². The van der Waals surface area contributed by atoms with Crippen LogP contribution >= 0.6 is 0 Å². The molecule has 92 valence electrons. The maximum Gasteiger partial charge on any atom is 0.178 e. The van der Waals surface area contributed by atoms with Crippen LogP contribution in [0.25, 0.3) is 0 Å². The average molecular weight is 247 g/mol. The van der Waals surface area contributed by atoms with Crippen LogP contribution in [0.15, 0.2) is 17.3 Å². The van der Waals surface area contributed by atoms with Gasteiger partial charge in [0.05, 0.1) is 18.8 Å². The van der Waals surface area contributed by atoms with Crippen LogP contribution in [-0.4, -0.2) is 43.7 Å². The number of nitrogens with zero attached hydrogens (tertiary/aromatic N) is 2. The highest BCUT2D eigenvalue weighted by Crippen LogP contribution is 2.07. The molecule has 1 heterocycles. The molecule has 0 aliphatic heterocycles. The molecule has 0 spiro atoms. The van der Waals surface area contributed by atoms with Crippen LogP contribution < -0.4 is 5.73 Å². The number of hydrogen-bond donors (Lipinski definition) is 1. The third-order valence-electron chi connectivity index (χ3n) is 2.09. The van der Waals surface area contributed by atoms with E-state index in [-0.39, 0.29) is 11.0 Å². The molecule has 2 N–H and O–H groups in total. The lowest BCUT2D eigenvalue weighted by atomic mass is 10.3. The standard InChI is InChI=1S/C9H17N3O3S/c1-3-15-8(4-10)6-12-7-9(5-11-12)16(2,13)14/h5,7-8H,3-4,6,10H2,1-2H3. The van der Waals surface area contributed by atoms with Gasteiger partial charge in [0.25, 0.3) is 0 Å². The number of aromatic nitrogens is 2. The van der Waals surface area contributed by atoms with Gasteiger partial charge in [-0.05, 0) is 6.92 Å². The van der Waals surface area contributed by atoms with E-state index in [0.29, 0.717) is 19.7 Å². The molecule has 0 aromatic carbocycles. The number of rotatable bonds is 6. The zero-order chi connectivity index (χ0) is 12.2. The molecule has 16 heavy (non-hydrogen) atoms. The van der Waals surface area contributed by atoms with Crippen molar-refractivity contribution < 1.29 is 13.2 Å². The summed E-state index contributed by atoms with van der Waals surface area (Å²) in [5, 5.41) is 3.95. The highest BCUT2D eigenvalue weighted by atomic mass is 32.2. The Bertz CT molecular complexity index is 427. The predicted octanol–water partition coefficient (Wildman–Crippen LogP) is -0.350. The van der Waals surface area contributed by atoms with Crippen LogP contribution in [0.2, 0.25) is 0 Å². The van der Waals surface area contributed by atoms with Gasteiger partial charge in [-0.2, -0.15) is 5.10 Å². The second-order valence-corrected chi connectivity index (χ2v) is 5.50. The van der Waals surface area contributed by atoms with Gasteiger partial charge in [0, 0.05) is 25.6 Å². The molecule has 0 fully saturated rings. The van der Waals surface area contributed by atoms with Gasteiger partial charge in [-0.25, -0.2) is 8.42 Å². The first-order valence-corrected chi connectivity index (χ1v) is 6.90. The SMILES string of the molecule is CCOC(CN)Cn1cc(S(C)(=O)=O)cn1. The first-order chi connectivity index (χ1) is 7.47. The summed E-state index contributed by atoms with van der Waals surface area (Å²) in [5.41, 5.74) is 5.51. The molecule has 0 amide bonds. The molecule has 7 heteroatoms. The van der Waals surface area contributed by atoms with Gasteiger partial charge in [0.15, 0.2) is 9.84 Å². The smallest absolute Gasteiger partial charge is 0.178 e. The van der Waals surface area contributed by atoms with Gasteiger partial charge in [0.2, 0.25) is 0 Å². The Morgan fingerprint density at radius 1 is 1.62 bits per heavy atom. The molecular weight excluding hydrogens is 230 g/mol. The van der Waals surface area contributed by atoms with Crippen LogP contribution in [-0.2, 0) is 21.1 Å². The second kappa shape index (κ2) is 5.42. The van der Waals surface area contributed by atoms with E-state index in [1.165, 1.54) is 17.1 Å². The van der Waals surface area contributed by atoms with Gasteiger partial charge in [-0.3, -0.25) is 4.68 Å². The molecule has 6 nitrogen and oxygen atoms in total. The quantitative estimate of drug-likeness (QED) is 0.742. The van der Waals surface area contributed by atoms with Crippen molar-refractivity contribution >= 4 is 9.84 Å². The Hall–Kier alpha value is -0.920. The highest BCUT2D eigenvalue weighted by Gasteiger charge is 2.12. The number of ether oxygens (including phenoxy) is 1. The Kier molecular flexibility index (Phi) is 4.45. The summed E-state index contributed by atoms with van der Waals surface area (Å²) in [5.74, 6) is 0. The number of nitrogens with two attached hydrogens (primary N) is 1. The molecule has 1 unspecified atom stereocenters. The van der Waals surface area contributed by atoms with Crippen LogP contribution in [0.1, 0.15) is 6.92 Å². The molecule has 0 bridgehead atoms. The van der Waals surface area contributed by atoms with Crippen LogP contribution in [0.3, 0.4) is 0 Å². The van der Waals surface area contributed by atoms with Crippen molar-refractivity contribution in [3.05, 3.63) is 12.4 Å². The third-order valence-corrected chi connectivity index (χ3v) is 3.16. The van der Waals surface area contributed by atoms with Crippen molar-refractivity contribution in [3.8, 4) is 0 Å². The molecule has 1 rings (SSSR count). The normalized spacial score (nSPS) is 13.9. The summed E-state index contributed by atoms with van der Waals surface area (Å²) in [4.78, 5) is 0.208. The predicted molar refractivity (Wildman–Crippen MR) is 59.8 cm³/mol. The van der Waals surface area contributed by atoms with Gasteiger partial charge in [-0.1, -0.05) is 0 Å². The molecule has 0 radical (unpaired) electrons. The molecule has 0 saturated carbocycles. The Balaban J connectivity index is 2.71. The molecule has 1 atom stereocenters. The van der Waals surface area contributed by atoms with Crippen molar-refractivity contribution in [1.29, 1.82) is 0 Å². The lowest BCUT2D eigenvalue weighted by Gasteiger charge is -2.14. The fourth-order valence-corrected chi connectivity index (χ4v) is 1.83. The zero-order valence-electron chi connectivity index (χ0n) is 9.46. The molecule has 0 saturated heterocycles. The van der Waals surface area contributed by atoms with E-state index < -0.39 is 9.84 Å². The van der Waals surface area contributed by atoms with Gasteiger partial charge in [-0.15, -0.1) is 0 Å². The summed E-state index contributed by atoms with van der Waals surface area (Å²) in [6, 6.07) is 0. The molecule has 0 aliphatic carbocycles. The van der Waals surface area contributed by atoms with E-state index >= 15 is 0 Å². The van der Waals surface area contributed by atoms with Crippen molar-refractivity contribution in [2.45, 2.75) is 24.5 Å². The Labute approximate surface area is 95.3 Å². The zero-order valence-corrected chi connectivity index (χ0v) is 10.3. The van der Waals surface area contributed by atoms with Crippen molar-refractivity contribution in [1.82, 2.24) is 9.78 Å². The van der Waals surface area contributed by atoms with Gasteiger partial charge in [0.1, 0.15) is 4.90 Å². The number of hydrogen-bond acceptors (Lipinski definition) is 5. The van der Waals surface area contributed by atoms with E-state index in [1.54, 1.807) is 0 Å². The van der Waals surface area contributed by atoms with E-state index in [0.717, 1.165) is 6.26 Å². The van der Waals surface area contributed by atoms with E-state index in [9.17, 15) is 8.42 Å². The van der Waals surface area contributed by atoms with Crippen molar-refractivity contribution in [3.63, 3.8) is 0 Å². The fraction of sp³-hybridized carbons (Fsp3) is 0.667. The second-order valence-electron chi connectivity index (χ2n) is 3.48. The number of sulfone groups is 1. The third kappa shape index (κ3) is 3.58. The van der Waals surface area contributed by atoms with Crippen LogP contribution in [0.5, 0.6) is 0 Å². The van der Waals surface area contributed by atoms with E-state index in [2.05, 4.69) is 5.10 Å². The summed E-state index contributed by atoms with van der Waals surface area (Å²) in [7, 11) is -3.19. The minimum Gasteiger partial charge on any atom is -0.375 e. The van der Waals surface area contributed by atoms with E-state index in [4.69, 9.17) is 10.5 Å². The molecule has 1 aromatic rings. The summed E-state index contributed by atoms with van der Waals surface area (Å²) < 4.78 is 29.3. The summed E-state index contributed by atoms with van der Waals surface area (Å²) in [6.45, 7) is 3.29.